The third kappa shape index (κ3) is 3.78. The minimum Gasteiger partial charge on any atom is -0.363 e. The lowest BCUT2D eigenvalue weighted by atomic mass is 9.81. The molecule has 2 aromatic rings. The zero-order valence-corrected chi connectivity index (χ0v) is 20.8. The van der Waals surface area contributed by atoms with Crippen molar-refractivity contribution in [1.82, 2.24) is 19.9 Å². The van der Waals surface area contributed by atoms with Crippen LogP contribution in [-0.4, -0.2) is 63.6 Å². The smallest absolute Gasteiger partial charge is 0.225 e. The normalized spacial score (nSPS) is 28.1. The first-order valence-electron chi connectivity index (χ1n) is 11.7. The number of nitrogens with zero attached hydrogens (tertiary/aromatic N) is 5. The maximum atomic E-state index is 12.5. The summed E-state index contributed by atoms with van der Waals surface area (Å²) in [7, 11) is 3.64. The van der Waals surface area contributed by atoms with Crippen LogP contribution < -0.4 is 5.32 Å². The van der Waals surface area contributed by atoms with Gasteiger partial charge in [-0.05, 0) is 44.7 Å². The summed E-state index contributed by atoms with van der Waals surface area (Å²) in [5, 5.41) is 10.8. The third-order valence-electron chi connectivity index (χ3n) is 7.07. The van der Waals surface area contributed by atoms with E-state index in [2.05, 4.69) is 27.2 Å². The van der Waals surface area contributed by atoms with Gasteiger partial charge in [-0.1, -0.05) is 11.3 Å². The van der Waals surface area contributed by atoms with Crippen molar-refractivity contribution in [2.45, 2.75) is 63.8 Å². The largest absolute Gasteiger partial charge is 0.363 e. The number of anilines is 1. The number of rotatable bonds is 4. The predicted octanol–water partition coefficient (Wildman–Crippen LogP) is 2.98. The van der Waals surface area contributed by atoms with Crippen LogP contribution in [0.15, 0.2) is 29.6 Å². The molecule has 9 nitrogen and oxygen atoms in total. The summed E-state index contributed by atoms with van der Waals surface area (Å²) in [6.07, 6.45) is 6.72. The van der Waals surface area contributed by atoms with E-state index in [9.17, 15) is 9.59 Å². The number of amides is 2. The van der Waals surface area contributed by atoms with E-state index in [1.807, 2.05) is 32.4 Å². The molecule has 180 valence electrons. The van der Waals surface area contributed by atoms with E-state index in [1.165, 1.54) is 18.3 Å². The van der Waals surface area contributed by atoms with Crippen molar-refractivity contribution < 1.29 is 14.3 Å². The molecule has 0 saturated heterocycles. The molecular weight excluding hydrogens is 452 g/mol. The van der Waals surface area contributed by atoms with Gasteiger partial charge < -0.3 is 15.0 Å². The quantitative estimate of drug-likeness (QED) is 0.719. The molecule has 2 unspecified atom stereocenters. The Hall–Kier alpha value is -2.85. The van der Waals surface area contributed by atoms with Crippen LogP contribution in [0.1, 0.15) is 55.7 Å². The van der Waals surface area contributed by atoms with Crippen LogP contribution in [0, 0.1) is 5.92 Å². The van der Waals surface area contributed by atoms with Crippen LogP contribution in [0.4, 0.5) is 5.13 Å². The van der Waals surface area contributed by atoms with Gasteiger partial charge in [0.1, 0.15) is 17.4 Å². The molecule has 1 N–H and O–H groups in total. The number of ether oxygens (including phenoxy) is 1. The van der Waals surface area contributed by atoms with Crippen molar-refractivity contribution in [2.75, 3.05) is 19.4 Å². The molecule has 0 bridgehead atoms. The average molecular weight is 483 g/mol. The lowest BCUT2D eigenvalue weighted by molar-refractivity contribution is -0.134. The van der Waals surface area contributed by atoms with Gasteiger partial charge in [-0.25, -0.2) is 4.98 Å². The lowest BCUT2D eigenvalue weighted by Crippen LogP contribution is -2.54. The predicted molar refractivity (Wildman–Crippen MR) is 129 cm³/mol. The van der Waals surface area contributed by atoms with Crippen LogP contribution in [-0.2, 0) is 26.5 Å². The van der Waals surface area contributed by atoms with Crippen molar-refractivity contribution in [1.29, 1.82) is 0 Å². The number of thiazole rings is 1. The summed E-state index contributed by atoms with van der Waals surface area (Å²) < 4.78 is 6.40. The number of fused-ring (bicyclic) bond motifs is 3. The molecule has 4 heterocycles. The van der Waals surface area contributed by atoms with Crippen LogP contribution in [0.25, 0.3) is 0 Å². The minimum absolute atomic E-state index is 0.0622. The Kier molecular flexibility index (Phi) is 5.89. The summed E-state index contributed by atoms with van der Waals surface area (Å²) in [5.74, 6) is 0.120. The van der Waals surface area contributed by atoms with Gasteiger partial charge in [0, 0.05) is 50.9 Å². The first kappa shape index (κ1) is 22.9. The summed E-state index contributed by atoms with van der Waals surface area (Å²) in [6.45, 7) is 4.01. The van der Waals surface area contributed by atoms with Crippen LogP contribution in [0.5, 0.6) is 0 Å². The molecule has 3 aliphatic rings. The zero-order valence-electron chi connectivity index (χ0n) is 19.9. The molecule has 2 aromatic heterocycles. The molecule has 0 aromatic carbocycles. The molecular formula is C24H30N6O3S. The molecule has 1 saturated carbocycles. The lowest BCUT2D eigenvalue weighted by Gasteiger charge is -2.46. The van der Waals surface area contributed by atoms with Gasteiger partial charge in [-0.15, -0.1) is 0 Å². The van der Waals surface area contributed by atoms with E-state index in [0.717, 1.165) is 47.5 Å². The van der Waals surface area contributed by atoms with E-state index in [-0.39, 0.29) is 29.9 Å². The molecule has 1 aliphatic carbocycles. The van der Waals surface area contributed by atoms with Crippen LogP contribution >= 0.6 is 11.3 Å². The number of hydrogen-bond acceptors (Lipinski definition) is 8. The first-order valence-corrected chi connectivity index (χ1v) is 12.5. The fourth-order valence-corrected chi connectivity index (χ4v) is 6.62. The molecule has 5 rings (SSSR count). The third-order valence-corrected chi connectivity index (χ3v) is 8.31. The number of carbonyl (C=O) groups excluding carboxylic acids is 2. The van der Waals surface area contributed by atoms with Gasteiger partial charge in [0.15, 0.2) is 5.13 Å². The Bertz CT molecular complexity index is 1120. The topological polar surface area (TPSA) is 100 Å². The molecule has 2 atom stereocenters. The molecule has 34 heavy (non-hydrogen) atoms. The highest BCUT2D eigenvalue weighted by molar-refractivity contribution is 7.16. The van der Waals surface area contributed by atoms with Crippen molar-refractivity contribution >= 4 is 34.0 Å². The van der Waals surface area contributed by atoms with E-state index in [1.54, 1.807) is 11.1 Å². The molecule has 1 fully saturated rings. The molecule has 0 radical (unpaired) electrons. The highest BCUT2D eigenvalue weighted by Gasteiger charge is 2.57. The fourth-order valence-electron chi connectivity index (χ4n) is 5.45. The first-order chi connectivity index (χ1) is 16.3. The summed E-state index contributed by atoms with van der Waals surface area (Å²) in [4.78, 5) is 35.9. The van der Waals surface area contributed by atoms with Gasteiger partial charge in [-0.2, -0.15) is 5.10 Å². The minimum atomic E-state index is -0.559. The van der Waals surface area contributed by atoms with Crippen molar-refractivity contribution in [3.05, 3.63) is 40.7 Å². The number of aromatic nitrogens is 2. The number of nitrogens with one attached hydrogen (secondary N) is 1. The number of hydrogen-bond donors (Lipinski definition) is 1. The number of hydrazone groups is 1. The van der Waals surface area contributed by atoms with Gasteiger partial charge >= 0.3 is 0 Å². The molecule has 2 aliphatic heterocycles. The molecule has 2 amide bonds. The standard InChI is InChI=1S/C24H30N6O3S/c1-14(31)26-23-27-18-13-33-20-19(16-6-5-11-25-12-16)28-30(24(20,2)21(18)34-23)17-9-7-15(8-10-17)22(32)29(3)4/h5-6,11-12,15,17,20H,7-10,13H2,1-4H3,(H,26,27,31). The Balaban J connectivity index is 1.51. The number of pyridine rings is 1. The van der Waals surface area contributed by atoms with Gasteiger partial charge in [-0.3, -0.25) is 19.6 Å². The summed E-state index contributed by atoms with van der Waals surface area (Å²) in [6, 6.07) is 4.09. The highest BCUT2D eigenvalue weighted by Crippen LogP contribution is 2.51. The molecule has 10 heteroatoms. The summed E-state index contributed by atoms with van der Waals surface area (Å²) in [5.41, 5.74) is 2.09. The maximum Gasteiger partial charge on any atom is 0.225 e. The fraction of sp³-hybridized carbons (Fsp3) is 0.542. The monoisotopic (exact) mass is 482 g/mol. The van der Waals surface area contributed by atoms with E-state index >= 15 is 0 Å². The molecule has 0 spiro atoms. The second-order valence-corrected chi connectivity index (χ2v) is 10.6. The second kappa shape index (κ2) is 8.74. The van der Waals surface area contributed by atoms with E-state index in [4.69, 9.17) is 9.84 Å². The van der Waals surface area contributed by atoms with E-state index < -0.39 is 5.54 Å². The van der Waals surface area contributed by atoms with Gasteiger partial charge in [0.05, 0.1) is 17.2 Å². The van der Waals surface area contributed by atoms with Crippen LogP contribution in [0.2, 0.25) is 0 Å². The van der Waals surface area contributed by atoms with Crippen LogP contribution in [0.3, 0.4) is 0 Å². The van der Waals surface area contributed by atoms with Gasteiger partial charge in [0.2, 0.25) is 11.8 Å². The van der Waals surface area contributed by atoms with E-state index in [0.29, 0.717) is 11.7 Å². The number of carbonyl (C=O) groups is 2. The Morgan fingerprint density at radius 1 is 1.26 bits per heavy atom. The SMILES string of the molecule is CC(=O)Nc1nc2c(s1)C1(C)C(OC2)C(c2cccnc2)=NN1C1CCC(C(=O)N(C)C)CC1. The zero-order chi connectivity index (χ0) is 24.0. The van der Waals surface area contributed by atoms with Gasteiger partial charge in [0.25, 0.3) is 0 Å². The maximum absolute atomic E-state index is 12.5. The van der Waals surface area contributed by atoms with Crippen molar-refractivity contribution in [2.24, 2.45) is 11.0 Å². The average Bonchev–Trinajstić information content (AvgIpc) is 3.37. The van der Waals surface area contributed by atoms with Crippen molar-refractivity contribution in [3.8, 4) is 0 Å². The highest BCUT2D eigenvalue weighted by atomic mass is 32.1. The second-order valence-electron chi connectivity index (χ2n) is 9.62. The Morgan fingerprint density at radius 3 is 2.68 bits per heavy atom. The Morgan fingerprint density at radius 2 is 2.03 bits per heavy atom. The Labute approximate surface area is 203 Å². The summed E-state index contributed by atoms with van der Waals surface area (Å²) >= 11 is 1.50. The van der Waals surface area contributed by atoms with Crippen molar-refractivity contribution in [3.63, 3.8) is 0 Å².